The Bertz CT molecular complexity index is 783. The highest BCUT2D eigenvalue weighted by Gasteiger charge is 2.27. The summed E-state index contributed by atoms with van der Waals surface area (Å²) in [4.78, 5) is 26.4. The van der Waals surface area contributed by atoms with Crippen molar-refractivity contribution in [3.05, 3.63) is 18.0 Å². The van der Waals surface area contributed by atoms with Gasteiger partial charge in [0.2, 0.25) is 10.0 Å². The summed E-state index contributed by atoms with van der Waals surface area (Å²) < 4.78 is 33.1. The van der Waals surface area contributed by atoms with Crippen molar-refractivity contribution in [3.8, 4) is 0 Å². The maximum atomic E-state index is 12.6. The molecule has 0 N–H and O–H groups in total. The number of nitrogens with zero attached hydrogens (tertiary/aromatic N) is 3. The molecular formula is C18H29N3O5S. The van der Waals surface area contributed by atoms with Crippen LogP contribution in [0.3, 0.4) is 0 Å². The van der Waals surface area contributed by atoms with E-state index in [0.29, 0.717) is 19.6 Å². The first-order chi connectivity index (χ1) is 12.7. The Balaban J connectivity index is 2.07. The van der Waals surface area contributed by atoms with E-state index in [1.807, 2.05) is 6.92 Å². The van der Waals surface area contributed by atoms with Gasteiger partial charge < -0.3 is 14.2 Å². The molecule has 1 aromatic rings. The Labute approximate surface area is 161 Å². The van der Waals surface area contributed by atoms with E-state index in [9.17, 15) is 18.0 Å². The lowest BCUT2D eigenvalue weighted by Crippen LogP contribution is -2.44. The summed E-state index contributed by atoms with van der Waals surface area (Å²) in [6.45, 7) is 6.52. The minimum absolute atomic E-state index is 0.0385. The summed E-state index contributed by atoms with van der Waals surface area (Å²) in [5.41, 5.74) is 0.0974. The number of carbonyl (C=O) groups excluding carboxylic acids is 2. The summed E-state index contributed by atoms with van der Waals surface area (Å²) in [6.07, 6.45) is 4.38. The minimum Gasteiger partial charge on any atom is -0.451 e. The van der Waals surface area contributed by atoms with Crippen LogP contribution < -0.4 is 0 Å². The second kappa shape index (κ2) is 8.88. The second-order valence-corrected chi connectivity index (χ2v) is 8.71. The van der Waals surface area contributed by atoms with E-state index in [1.165, 1.54) is 21.1 Å². The number of hydrogen-bond acceptors (Lipinski definition) is 5. The molecule has 2 rings (SSSR count). The van der Waals surface area contributed by atoms with E-state index in [0.717, 1.165) is 19.3 Å². The molecule has 0 aliphatic carbocycles. The average Bonchev–Trinajstić information content (AvgIpc) is 3.03. The van der Waals surface area contributed by atoms with E-state index >= 15 is 0 Å². The van der Waals surface area contributed by atoms with Crippen molar-refractivity contribution in [2.45, 2.75) is 51.0 Å². The van der Waals surface area contributed by atoms with Crippen LogP contribution >= 0.6 is 0 Å². The van der Waals surface area contributed by atoms with Crippen molar-refractivity contribution < 1.29 is 22.7 Å². The van der Waals surface area contributed by atoms with Gasteiger partial charge in [-0.25, -0.2) is 13.2 Å². The van der Waals surface area contributed by atoms with Gasteiger partial charge >= 0.3 is 5.97 Å². The van der Waals surface area contributed by atoms with Crippen molar-refractivity contribution in [1.29, 1.82) is 0 Å². The van der Waals surface area contributed by atoms with Crippen LogP contribution in [-0.4, -0.2) is 66.3 Å². The van der Waals surface area contributed by atoms with E-state index in [1.54, 1.807) is 25.8 Å². The van der Waals surface area contributed by atoms with Crippen molar-refractivity contribution in [1.82, 2.24) is 13.8 Å². The van der Waals surface area contributed by atoms with Gasteiger partial charge in [-0.05, 0) is 32.3 Å². The standard InChI is InChI=1S/C18H29N3O5S/c1-5-20(6-2)27(24,25)15-11-16(19(4)12-15)18(23)26-13-17(22)21-10-8-7-9-14(21)3/h11-12,14H,5-10,13H2,1-4H3. The third kappa shape index (κ3) is 4.70. The number of rotatable bonds is 7. The Kier molecular flexibility index (Phi) is 7.05. The van der Waals surface area contributed by atoms with Gasteiger partial charge in [-0.3, -0.25) is 4.79 Å². The van der Waals surface area contributed by atoms with E-state index in [-0.39, 0.29) is 29.1 Å². The molecule has 1 aromatic heterocycles. The molecule has 27 heavy (non-hydrogen) atoms. The van der Waals surface area contributed by atoms with Crippen molar-refractivity contribution in [2.24, 2.45) is 7.05 Å². The predicted molar refractivity (Wildman–Crippen MR) is 101 cm³/mol. The summed E-state index contributed by atoms with van der Waals surface area (Å²) in [5, 5.41) is 0. The molecule has 0 spiro atoms. The molecule has 1 aliphatic rings. The van der Waals surface area contributed by atoms with Crippen LogP contribution in [0.15, 0.2) is 17.2 Å². The Morgan fingerprint density at radius 2 is 1.93 bits per heavy atom. The largest absolute Gasteiger partial charge is 0.451 e. The number of piperidine rings is 1. The maximum absolute atomic E-state index is 12.6. The third-order valence-electron chi connectivity index (χ3n) is 4.98. The van der Waals surface area contributed by atoms with Gasteiger partial charge in [-0.1, -0.05) is 13.8 Å². The average molecular weight is 400 g/mol. The fraction of sp³-hybridized carbons (Fsp3) is 0.667. The minimum atomic E-state index is -3.66. The Hall–Kier alpha value is -1.87. The molecule has 1 unspecified atom stereocenters. The molecule has 1 atom stereocenters. The van der Waals surface area contributed by atoms with Crippen LogP contribution in [0.5, 0.6) is 0 Å². The number of ether oxygens (including phenoxy) is 1. The van der Waals surface area contributed by atoms with Gasteiger partial charge in [0.15, 0.2) is 6.61 Å². The van der Waals surface area contributed by atoms with Crippen LogP contribution in [-0.2, 0) is 26.6 Å². The lowest BCUT2D eigenvalue weighted by Gasteiger charge is -2.33. The Morgan fingerprint density at radius 1 is 1.26 bits per heavy atom. The molecule has 9 heteroatoms. The van der Waals surface area contributed by atoms with E-state index in [4.69, 9.17) is 4.74 Å². The topological polar surface area (TPSA) is 88.9 Å². The molecule has 2 heterocycles. The van der Waals surface area contributed by atoms with Gasteiger partial charge in [0.05, 0.1) is 0 Å². The number of sulfonamides is 1. The lowest BCUT2D eigenvalue weighted by molar-refractivity contribution is -0.137. The zero-order valence-electron chi connectivity index (χ0n) is 16.5. The summed E-state index contributed by atoms with van der Waals surface area (Å²) in [7, 11) is -2.09. The fourth-order valence-corrected chi connectivity index (χ4v) is 4.87. The molecular weight excluding hydrogens is 370 g/mol. The van der Waals surface area contributed by atoms with Gasteiger partial charge in [-0.15, -0.1) is 0 Å². The normalized spacial score (nSPS) is 18.0. The zero-order valence-corrected chi connectivity index (χ0v) is 17.3. The molecule has 1 saturated heterocycles. The molecule has 152 valence electrons. The van der Waals surface area contributed by atoms with Gasteiger partial charge in [0.25, 0.3) is 5.91 Å². The van der Waals surface area contributed by atoms with Crippen LogP contribution in [0.25, 0.3) is 0 Å². The van der Waals surface area contributed by atoms with Crippen LogP contribution in [0.4, 0.5) is 0 Å². The summed E-state index contributed by atoms with van der Waals surface area (Å²) in [6, 6.07) is 1.44. The number of esters is 1. The van der Waals surface area contributed by atoms with Crippen LogP contribution in [0.2, 0.25) is 0 Å². The monoisotopic (exact) mass is 399 g/mol. The van der Waals surface area contributed by atoms with Crippen LogP contribution in [0, 0.1) is 0 Å². The Morgan fingerprint density at radius 3 is 2.52 bits per heavy atom. The third-order valence-corrected chi connectivity index (χ3v) is 7.00. The molecule has 0 aromatic carbocycles. The molecule has 1 aliphatic heterocycles. The number of aromatic nitrogens is 1. The van der Waals surface area contributed by atoms with Crippen molar-refractivity contribution in [2.75, 3.05) is 26.2 Å². The molecule has 0 radical (unpaired) electrons. The number of hydrogen-bond donors (Lipinski definition) is 0. The van der Waals surface area contributed by atoms with Gasteiger partial charge in [0.1, 0.15) is 10.6 Å². The molecule has 1 fully saturated rings. The highest BCUT2D eigenvalue weighted by atomic mass is 32.2. The smallest absolute Gasteiger partial charge is 0.355 e. The quantitative estimate of drug-likeness (QED) is 0.650. The fourth-order valence-electron chi connectivity index (χ4n) is 3.34. The van der Waals surface area contributed by atoms with E-state index in [2.05, 4.69) is 0 Å². The zero-order chi connectivity index (χ0) is 20.2. The van der Waals surface area contributed by atoms with Gasteiger partial charge in [-0.2, -0.15) is 4.31 Å². The van der Waals surface area contributed by atoms with Gasteiger partial charge in [0, 0.05) is 38.9 Å². The summed E-state index contributed by atoms with van der Waals surface area (Å²) >= 11 is 0. The molecule has 0 saturated carbocycles. The first-order valence-corrected chi connectivity index (χ1v) is 10.8. The summed E-state index contributed by atoms with van der Waals surface area (Å²) in [5.74, 6) is -0.933. The number of amides is 1. The highest BCUT2D eigenvalue weighted by molar-refractivity contribution is 7.89. The lowest BCUT2D eigenvalue weighted by atomic mass is 10.0. The van der Waals surface area contributed by atoms with E-state index < -0.39 is 16.0 Å². The predicted octanol–water partition coefficient (Wildman–Crippen LogP) is 1.61. The van der Waals surface area contributed by atoms with Crippen molar-refractivity contribution in [3.63, 3.8) is 0 Å². The second-order valence-electron chi connectivity index (χ2n) is 6.77. The van der Waals surface area contributed by atoms with Crippen molar-refractivity contribution >= 4 is 21.9 Å². The molecule has 1 amide bonds. The number of likely N-dealkylation sites (tertiary alicyclic amines) is 1. The maximum Gasteiger partial charge on any atom is 0.355 e. The first kappa shape index (κ1) is 21.4. The first-order valence-electron chi connectivity index (χ1n) is 9.35. The molecule has 8 nitrogen and oxygen atoms in total. The molecule has 0 bridgehead atoms. The number of aryl methyl sites for hydroxylation is 1. The number of carbonyl (C=O) groups is 2. The SMILES string of the molecule is CCN(CC)S(=O)(=O)c1cc(C(=O)OCC(=O)N2CCCCC2C)n(C)c1. The highest BCUT2D eigenvalue weighted by Crippen LogP contribution is 2.20. The van der Waals surface area contributed by atoms with Crippen LogP contribution in [0.1, 0.15) is 50.5 Å².